The molecule has 0 saturated heterocycles. The third-order valence-corrected chi connectivity index (χ3v) is 7.57. The molecule has 166 valence electrons. The zero-order chi connectivity index (χ0) is 22.8. The van der Waals surface area contributed by atoms with Crippen LogP contribution in [0.15, 0.2) is 68.5 Å². The Balaban J connectivity index is 1.52. The molecule has 1 aliphatic carbocycles. The van der Waals surface area contributed by atoms with Gasteiger partial charge in [-0.15, -0.1) is 11.3 Å². The van der Waals surface area contributed by atoms with Crippen molar-refractivity contribution >= 4 is 39.2 Å². The number of aromatic nitrogens is 2. The maximum absolute atomic E-state index is 13.7. The van der Waals surface area contributed by atoms with Crippen LogP contribution in [0.3, 0.4) is 0 Å². The van der Waals surface area contributed by atoms with Crippen molar-refractivity contribution in [2.45, 2.75) is 36.4 Å². The lowest BCUT2D eigenvalue weighted by atomic mass is 10.0. The molecule has 7 nitrogen and oxygen atoms in total. The molecule has 3 aromatic heterocycles. The molecule has 4 aromatic rings. The summed E-state index contributed by atoms with van der Waals surface area (Å²) in [4.78, 5) is 31.7. The Morgan fingerprint density at radius 1 is 1.24 bits per heavy atom. The molecule has 1 aliphatic rings. The van der Waals surface area contributed by atoms with Crippen molar-refractivity contribution < 1.29 is 9.21 Å². The zero-order valence-corrected chi connectivity index (χ0v) is 19.2. The molecule has 1 aromatic carbocycles. The Labute approximate surface area is 198 Å². The molecule has 0 bridgehead atoms. The lowest BCUT2D eigenvalue weighted by Gasteiger charge is -2.21. The van der Waals surface area contributed by atoms with E-state index in [1.165, 1.54) is 27.7 Å². The van der Waals surface area contributed by atoms with Crippen molar-refractivity contribution in [1.82, 2.24) is 14.9 Å². The summed E-state index contributed by atoms with van der Waals surface area (Å²) in [7, 11) is 0. The second-order valence-corrected chi connectivity index (χ2v) is 9.72. The standard InChI is InChI=1S/C24H20N4O3S2/c25-15-24(10-4-5-11-24)27-19(29)14-33-23-26-21-20(17(13-32-21)18-9-6-12-31-18)22(30)28(23)16-7-2-1-3-8-16/h1-3,6-9,12-13H,4-5,10-11,14H2,(H,27,29). The number of carbonyl (C=O) groups excluding carboxylic acids is 1. The van der Waals surface area contributed by atoms with Gasteiger partial charge in [0.1, 0.15) is 16.1 Å². The normalized spacial score (nSPS) is 14.9. The quantitative estimate of drug-likeness (QED) is 0.318. The zero-order valence-electron chi connectivity index (χ0n) is 17.6. The first-order chi connectivity index (χ1) is 16.1. The molecule has 33 heavy (non-hydrogen) atoms. The summed E-state index contributed by atoms with van der Waals surface area (Å²) in [5.41, 5.74) is 0.375. The van der Waals surface area contributed by atoms with Crippen LogP contribution in [0.2, 0.25) is 0 Å². The van der Waals surface area contributed by atoms with E-state index in [1.54, 1.807) is 12.3 Å². The monoisotopic (exact) mass is 476 g/mol. The molecule has 9 heteroatoms. The van der Waals surface area contributed by atoms with Crippen LogP contribution in [0.4, 0.5) is 0 Å². The second-order valence-electron chi connectivity index (χ2n) is 7.92. The summed E-state index contributed by atoms with van der Waals surface area (Å²) >= 11 is 2.56. The van der Waals surface area contributed by atoms with E-state index in [-0.39, 0.29) is 17.2 Å². The number of amides is 1. The van der Waals surface area contributed by atoms with Crippen LogP contribution in [0, 0.1) is 11.3 Å². The molecule has 1 N–H and O–H groups in total. The minimum absolute atomic E-state index is 0.0601. The molecule has 0 atom stereocenters. The van der Waals surface area contributed by atoms with E-state index >= 15 is 0 Å². The van der Waals surface area contributed by atoms with Crippen LogP contribution in [-0.4, -0.2) is 26.8 Å². The van der Waals surface area contributed by atoms with E-state index < -0.39 is 5.54 Å². The number of hydrogen-bond donors (Lipinski definition) is 1. The maximum Gasteiger partial charge on any atom is 0.268 e. The van der Waals surface area contributed by atoms with Gasteiger partial charge in [-0.05, 0) is 49.9 Å². The molecule has 1 fully saturated rings. The Hall–Kier alpha value is -3.35. The third kappa shape index (κ3) is 4.08. The van der Waals surface area contributed by atoms with Crippen LogP contribution in [0.25, 0.3) is 27.2 Å². The first-order valence-corrected chi connectivity index (χ1v) is 12.5. The maximum atomic E-state index is 13.7. The molecule has 0 unspecified atom stereocenters. The van der Waals surface area contributed by atoms with Crippen LogP contribution in [-0.2, 0) is 4.79 Å². The number of rotatable bonds is 6. The smallest absolute Gasteiger partial charge is 0.268 e. The number of fused-ring (bicyclic) bond motifs is 1. The number of nitrogens with one attached hydrogen (secondary N) is 1. The molecule has 5 rings (SSSR count). The number of carbonyl (C=O) groups is 1. The summed E-state index contributed by atoms with van der Waals surface area (Å²) in [6, 6.07) is 15.1. The van der Waals surface area contributed by atoms with E-state index in [0.29, 0.717) is 45.2 Å². The van der Waals surface area contributed by atoms with E-state index in [9.17, 15) is 14.9 Å². The molecule has 0 aliphatic heterocycles. The number of thioether (sulfide) groups is 1. The Kier molecular flexibility index (Phi) is 5.79. The SMILES string of the molecule is N#CC1(NC(=O)CSc2nc3scc(-c4ccco4)c3c(=O)n2-c2ccccc2)CCCC1. The number of para-hydroxylation sites is 1. The van der Waals surface area contributed by atoms with Gasteiger partial charge in [0, 0.05) is 10.9 Å². The predicted octanol–water partition coefficient (Wildman–Crippen LogP) is 4.75. The van der Waals surface area contributed by atoms with Gasteiger partial charge in [0.25, 0.3) is 5.56 Å². The number of nitrogens with zero attached hydrogens (tertiary/aromatic N) is 3. The van der Waals surface area contributed by atoms with Gasteiger partial charge in [0.05, 0.1) is 29.2 Å². The first-order valence-electron chi connectivity index (χ1n) is 10.6. The van der Waals surface area contributed by atoms with Gasteiger partial charge in [-0.3, -0.25) is 14.2 Å². The number of hydrogen-bond acceptors (Lipinski definition) is 7. The van der Waals surface area contributed by atoms with Crippen molar-refractivity contribution in [2.24, 2.45) is 0 Å². The molecular weight excluding hydrogens is 456 g/mol. The number of benzene rings is 1. The van der Waals surface area contributed by atoms with Gasteiger partial charge in [-0.2, -0.15) is 5.26 Å². The fraction of sp³-hybridized carbons (Fsp3) is 0.250. The minimum atomic E-state index is -0.778. The van der Waals surface area contributed by atoms with E-state index in [2.05, 4.69) is 11.4 Å². The minimum Gasteiger partial charge on any atom is -0.464 e. The van der Waals surface area contributed by atoms with Gasteiger partial charge in [0.2, 0.25) is 5.91 Å². The van der Waals surface area contributed by atoms with Gasteiger partial charge in [-0.1, -0.05) is 30.0 Å². The number of furan rings is 1. The highest BCUT2D eigenvalue weighted by Gasteiger charge is 2.35. The fourth-order valence-corrected chi connectivity index (χ4v) is 5.94. The highest BCUT2D eigenvalue weighted by molar-refractivity contribution is 7.99. The van der Waals surface area contributed by atoms with Crippen molar-refractivity contribution in [3.8, 4) is 23.1 Å². The molecule has 3 heterocycles. The average molecular weight is 477 g/mol. The van der Waals surface area contributed by atoms with Gasteiger partial charge in [0.15, 0.2) is 5.16 Å². The highest BCUT2D eigenvalue weighted by atomic mass is 32.2. The van der Waals surface area contributed by atoms with Gasteiger partial charge < -0.3 is 9.73 Å². The Morgan fingerprint density at radius 2 is 2.03 bits per heavy atom. The van der Waals surface area contributed by atoms with E-state index in [0.717, 1.165) is 12.8 Å². The lowest BCUT2D eigenvalue weighted by molar-refractivity contribution is -0.119. The van der Waals surface area contributed by atoms with E-state index in [1.807, 2.05) is 41.8 Å². The van der Waals surface area contributed by atoms with Gasteiger partial charge in [-0.25, -0.2) is 4.98 Å². The van der Waals surface area contributed by atoms with E-state index in [4.69, 9.17) is 9.40 Å². The van der Waals surface area contributed by atoms with Crippen LogP contribution >= 0.6 is 23.1 Å². The lowest BCUT2D eigenvalue weighted by Crippen LogP contribution is -2.45. The van der Waals surface area contributed by atoms with Crippen LogP contribution < -0.4 is 10.9 Å². The third-order valence-electron chi connectivity index (χ3n) is 5.76. The van der Waals surface area contributed by atoms with Gasteiger partial charge >= 0.3 is 0 Å². The number of thiophene rings is 1. The summed E-state index contributed by atoms with van der Waals surface area (Å²) in [6.07, 6.45) is 4.78. The first kappa shape index (κ1) is 21.5. The summed E-state index contributed by atoms with van der Waals surface area (Å²) in [5.74, 6) is 0.433. The molecular formula is C24H20N4O3S2. The Bertz CT molecular complexity index is 1400. The summed E-state index contributed by atoms with van der Waals surface area (Å²) in [6.45, 7) is 0. The summed E-state index contributed by atoms with van der Waals surface area (Å²) < 4.78 is 7.06. The van der Waals surface area contributed by atoms with Crippen molar-refractivity contribution in [3.05, 3.63) is 64.5 Å². The largest absolute Gasteiger partial charge is 0.464 e. The van der Waals surface area contributed by atoms with Crippen molar-refractivity contribution in [1.29, 1.82) is 5.26 Å². The predicted molar refractivity (Wildman–Crippen MR) is 129 cm³/mol. The average Bonchev–Trinajstić information content (AvgIpc) is 3.59. The molecule has 1 saturated carbocycles. The fourth-order valence-electron chi connectivity index (χ4n) is 4.16. The molecule has 0 spiro atoms. The van der Waals surface area contributed by atoms with Crippen molar-refractivity contribution in [2.75, 3.05) is 5.75 Å². The van der Waals surface area contributed by atoms with Crippen LogP contribution in [0.1, 0.15) is 25.7 Å². The topological polar surface area (TPSA) is 101 Å². The van der Waals surface area contributed by atoms with Crippen molar-refractivity contribution in [3.63, 3.8) is 0 Å². The van der Waals surface area contributed by atoms with Crippen LogP contribution in [0.5, 0.6) is 0 Å². The molecule has 0 radical (unpaired) electrons. The second kappa shape index (κ2) is 8.89. The summed E-state index contributed by atoms with van der Waals surface area (Å²) in [5, 5.41) is 15.2. The highest BCUT2D eigenvalue weighted by Crippen LogP contribution is 2.33. The molecule has 1 amide bonds. The Morgan fingerprint density at radius 3 is 2.73 bits per heavy atom. The number of nitriles is 1.